The average molecular weight is 350 g/mol. The van der Waals surface area contributed by atoms with Gasteiger partial charge in [-0.2, -0.15) is 5.10 Å². The quantitative estimate of drug-likeness (QED) is 0.729. The van der Waals surface area contributed by atoms with Crippen molar-refractivity contribution in [2.45, 2.75) is 45.0 Å². The average Bonchev–Trinajstić information content (AvgIpc) is 2.83. The first-order valence-corrected chi connectivity index (χ1v) is 8.48. The van der Waals surface area contributed by atoms with Gasteiger partial charge in [0.1, 0.15) is 5.82 Å². The first kappa shape index (κ1) is 16.1. The van der Waals surface area contributed by atoms with Crippen LogP contribution < -0.4 is 4.90 Å². The van der Waals surface area contributed by atoms with Crippen molar-refractivity contribution in [3.05, 3.63) is 41.6 Å². The van der Waals surface area contributed by atoms with E-state index in [4.69, 9.17) is 5.10 Å². The van der Waals surface area contributed by atoms with E-state index in [-0.39, 0.29) is 5.54 Å². The van der Waals surface area contributed by atoms with Crippen molar-refractivity contribution in [3.8, 4) is 5.69 Å². The van der Waals surface area contributed by atoms with Gasteiger partial charge < -0.3 is 4.90 Å². The zero-order valence-corrected chi connectivity index (χ0v) is 15.1. The summed E-state index contributed by atoms with van der Waals surface area (Å²) in [6.45, 7) is 8.83. The van der Waals surface area contributed by atoms with E-state index in [1.807, 2.05) is 6.07 Å². The van der Waals surface area contributed by atoms with Crippen LogP contribution in [0, 0.1) is 6.92 Å². The minimum Gasteiger partial charge on any atom is -0.354 e. The van der Waals surface area contributed by atoms with Crippen LogP contribution in [-0.4, -0.2) is 22.4 Å². The second kappa shape index (κ2) is 6.22. The molecular weight excluding hydrogens is 326 g/mol. The van der Waals surface area contributed by atoms with E-state index in [0.29, 0.717) is 0 Å². The van der Waals surface area contributed by atoms with E-state index in [1.165, 1.54) is 11.4 Å². The molecule has 0 aliphatic rings. The summed E-state index contributed by atoms with van der Waals surface area (Å²) in [5.41, 5.74) is 3.50. The molecule has 114 valence electrons. The van der Waals surface area contributed by atoms with Crippen LogP contribution in [0.1, 0.15) is 38.4 Å². The maximum Gasteiger partial charge on any atom is 0.136 e. The zero-order chi connectivity index (χ0) is 15.6. The standard InChI is InChI=1S/C17H24BrN3/c1-6-17(3,4)20(5)16-15(12-18)13(2)19-21(16)14-10-8-7-9-11-14/h7-11H,6,12H2,1-5H3. The molecule has 0 radical (unpaired) electrons. The molecule has 1 heterocycles. The first-order valence-electron chi connectivity index (χ1n) is 7.36. The molecule has 0 fully saturated rings. The summed E-state index contributed by atoms with van der Waals surface area (Å²) in [6, 6.07) is 10.3. The second-order valence-corrected chi connectivity index (χ2v) is 6.55. The van der Waals surface area contributed by atoms with Gasteiger partial charge in [0.2, 0.25) is 0 Å². The van der Waals surface area contributed by atoms with Gasteiger partial charge in [-0.1, -0.05) is 41.1 Å². The Kier molecular flexibility index (Phi) is 4.77. The van der Waals surface area contributed by atoms with Gasteiger partial charge in [0, 0.05) is 23.5 Å². The SMILES string of the molecule is CCC(C)(C)N(C)c1c(CBr)c(C)nn1-c1ccccc1. The van der Waals surface area contributed by atoms with E-state index >= 15 is 0 Å². The van der Waals surface area contributed by atoms with Crippen LogP contribution in [0.3, 0.4) is 0 Å². The van der Waals surface area contributed by atoms with E-state index in [9.17, 15) is 0 Å². The summed E-state index contributed by atoms with van der Waals surface area (Å²) in [7, 11) is 2.16. The van der Waals surface area contributed by atoms with Gasteiger partial charge in [-0.3, -0.25) is 0 Å². The van der Waals surface area contributed by atoms with Gasteiger partial charge in [0.15, 0.2) is 0 Å². The minimum absolute atomic E-state index is 0.0793. The number of alkyl halides is 1. The molecule has 0 bridgehead atoms. The third-order valence-electron chi connectivity index (χ3n) is 4.38. The van der Waals surface area contributed by atoms with Crippen LogP contribution in [0.15, 0.2) is 30.3 Å². The molecule has 0 N–H and O–H groups in total. The van der Waals surface area contributed by atoms with Gasteiger partial charge in [0.25, 0.3) is 0 Å². The second-order valence-electron chi connectivity index (χ2n) is 5.99. The molecule has 4 heteroatoms. The molecule has 0 aliphatic heterocycles. The van der Waals surface area contributed by atoms with Crippen LogP contribution in [0.25, 0.3) is 5.69 Å². The molecule has 3 nitrogen and oxygen atoms in total. The van der Waals surface area contributed by atoms with Crippen molar-refractivity contribution in [2.24, 2.45) is 0 Å². The summed E-state index contributed by atoms with van der Waals surface area (Å²) < 4.78 is 2.06. The number of hydrogen-bond acceptors (Lipinski definition) is 2. The highest BCUT2D eigenvalue weighted by atomic mass is 79.9. The number of nitrogens with zero attached hydrogens (tertiary/aromatic N) is 3. The molecule has 0 spiro atoms. The lowest BCUT2D eigenvalue weighted by Crippen LogP contribution is -2.42. The van der Waals surface area contributed by atoms with Crippen molar-refractivity contribution in [2.75, 3.05) is 11.9 Å². The van der Waals surface area contributed by atoms with Crippen molar-refractivity contribution in [1.29, 1.82) is 0 Å². The number of anilines is 1. The molecule has 0 atom stereocenters. The number of para-hydroxylation sites is 1. The molecule has 1 aromatic carbocycles. The zero-order valence-electron chi connectivity index (χ0n) is 13.5. The monoisotopic (exact) mass is 349 g/mol. The molecule has 21 heavy (non-hydrogen) atoms. The van der Waals surface area contributed by atoms with E-state index < -0.39 is 0 Å². The Hall–Kier alpha value is -1.29. The van der Waals surface area contributed by atoms with Crippen LogP contribution >= 0.6 is 15.9 Å². The maximum atomic E-state index is 4.77. The largest absolute Gasteiger partial charge is 0.354 e. The minimum atomic E-state index is 0.0793. The Labute approximate surface area is 136 Å². The number of hydrogen-bond donors (Lipinski definition) is 0. The number of aryl methyl sites for hydroxylation is 1. The third kappa shape index (κ3) is 3.00. The summed E-state index contributed by atoms with van der Waals surface area (Å²) >= 11 is 3.62. The number of rotatable bonds is 5. The van der Waals surface area contributed by atoms with E-state index in [1.54, 1.807) is 0 Å². The fourth-order valence-corrected chi connectivity index (χ4v) is 2.98. The highest BCUT2D eigenvalue weighted by molar-refractivity contribution is 9.08. The number of halogens is 1. The highest BCUT2D eigenvalue weighted by Crippen LogP contribution is 2.33. The Bertz CT molecular complexity index is 602. The van der Waals surface area contributed by atoms with Crippen molar-refractivity contribution in [1.82, 2.24) is 9.78 Å². The van der Waals surface area contributed by atoms with Crippen LogP contribution in [-0.2, 0) is 5.33 Å². The van der Waals surface area contributed by atoms with Gasteiger partial charge >= 0.3 is 0 Å². The highest BCUT2D eigenvalue weighted by Gasteiger charge is 2.28. The number of aromatic nitrogens is 2. The van der Waals surface area contributed by atoms with Crippen molar-refractivity contribution >= 4 is 21.7 Å². The van der Waals surface area contributed by atoms with Crippen LogP contribution in [0.4, 0.5) is 5.82 Å². The predicted molar refractivity (Wildman–Crippen MR) is 93.7 cm³/mol. The van der Waals surface area contributed by atoms with Crippen molar-refractivity contribution in [3.63, 3.8) is 0 Å². The summed E-state index contributed by atoms with van der Waals surface area (Å²) in [4.78, 5) is 2.34. The summed E-state index contributed by atoms with van der Waals surface area (Å²) in [5.74, 6) is 1.17. The first-order chi connectivity index (χ1) is 9.92. The van der Waals surface area contributed by atoms with E-state index in [0.717, 1.165) is 23.1 Å². The Morgan fingerprint density at radius 2 is 1.86 bits per heavy atom. The molecular formula is C17H24BrN3. The molecule has 0 aliphatic carbocycles. The Morgan fingerprint density at radius 3 is 2.38 bits per heavy atom. The molecule has 0 unspecified atom stereocenters. The molecule has 2 rings (SSSR count). The topological polar surface area (TPSA) is 21.1 Å². The normalized spacial score (nSPS) is 11.7. The predicted octanol–water partition coefficient (Wildman–Crippen LogP) is 4.70. The van der Waals surface area contributed by atoms with Gasteiger partial charge in [-0.05, 0) is 39.3 Å². The maximum absolute atomic E-state index is 4.77. The Morgan fingerprint density at radius 1 is 1.24 bits per heavy atom. The molecule has 2 aromatic rings. The van der Waals surface area contributed by atoms with Crippen LogP contribution in [0.5, 0.6) is 0 Å². The van der Waals surface area contributed by atoms with E-state index in [2.05, 4.69) is 84.5 Å². The van der Waals surface area contributed by atoms with Crippen LogP contribution in [0.2, 0.25) is 0 Å². The summed E-state index contributed by atoms with van der Waals surface area (Å²) in [5, 5.41) is 5.58. The Balaban J connectivity index is 2.63. The summed E-state index contributed by atoms with van der Waals surface area (Å²) in [6.07, 6.45) is 1.07. The van der Waals surface area contributed by atoms with Crippen molar-refractivity contribution < 1.29 is 0 Å². The van der Waals surface area contributed by atoms with Gasteiger partial charge in [-0.25, -0.2) is 4.68 Å². The smallest absolute Gasteiger partial charge is 0.136 e. The van der Waals surface area contributed by atoms with Gasteiger partial charge in [0.05, 0.1) is 11.4 Å². The lowest BCUT2D eigenvalue weighted by atomic mass is 9.99. The molecule has 0 saturated carbocycles. The molecule has 0 saturated heterocycles. The third-order valence-corrected chi connectivity index (χ3v) is 4.94. The molecule has 1 aromatic heterocycles. The fourth-order valence-electron chi connectivity index (χ4n) is 2.32. The lowest BCUT2D eigenvalue weighted by Gasteiger charge is -2.37. The number of benzene rings is 1. The lowest BCUT2D eigenvalue weighted by molar-refractivity contribution is 0.463. The van der Waals surface area contributed by atoms with Gasteiger partial charge in [-0.15, -0.1) is 0 Å². The fraction of sp³-hybridized carbons (Fsp3) is 0.471. The molecule has 0 amide bonds.